The molecule has 2 aromatic rings. The second kappa shape index (κ2) is 6.71. The molecule has 110 valence electrons. The van der Waals surface area contributed by atoms with Gasteiger partial charge in [-0.3, -0.25) is 10.1 Å². The first kappa shape index (κ1) is 14.8. The molecule has 0 heterocycles. The molecule has 0 radical (unpaired) electrons. The van der Waals surface area contributed by atoms with Crippen molar-refractivity contribution in [2.45, 2.75) is 6.54 Å². The molecule has 0 atom stereocenters. The van der Waals surface area contributed by atoms with Gasteiger partial charge in [0.2, 0.25) is 0 Å². The zero-order valence-electron chi connectivity index (χ0n) is 11.5. The number of benzene rings is 2. The van der Waals surface area contributed by atoms with Gasteiger partial charge < -0.3 is 15.7 Å². The van der Waals surface area contributed by atoms with Gasteiger partial charge in [-0.2, -0.15) is 0 Å². The monoisotopic (exact) mass is 287 g/mol. The highest BCUT2D eigenvalue weighted by Crippen LogP contribution is 2.31. The zero-order valence-corrected chi connectivity index (χ0v) is 11.5. The zero-order chi connectivity index (χ0) is 15.2. The van der Waals surface area contributed by atoms with Crippen molar-refractivity contribution in [1.29, 1.82) is 0 Å². The summed E-state index contributed by atoms with van der Waals surface area (Å²) in [5.41, 5.74) is 7.59. The van der Waals surface area contributed by atoms with Crippen LogP contribution in [0.15, 0.2) is 48.5 Å². The molecule has 0 spiro atoms. The largest absolute Gasteiger partial charge is 0.399 e. The summed E-state index contributed by atoms with van der Waals surface area (Å²) in [5, 5.41) is 20.4. The van der Waals surface area contributed by atoms with Crippen LogP contribution in [-0.4, -0.2) is 23.2 Å². The topological polar surface area (TPSA) is 92.6 Å². The summed E-state index contributed by atoms with van der Waals surface area (Å²) in [4.78, 5) is 12.5. The fourth-order valence-electron chi connectivity index (χ4n) is 2.16. The van der Waals surface area contributed by atoms with E-state index >= 15 is 0 Å². The molecule has 6 nitrogen and oxygen atoms in total. The maximum atomic E-state index is 11.2. The molecule has 2 rings (SSSR count). The van der Waals surface area contributed by atoms with Crippen molar-refractivity contribution in [1.82, 2.24) is 0 Å². The van der Waals surface area contributed by atoms with Crippen molar-refractivity contribution in [3.05, 3.63) is 64.2 Å². The van der Waals surface area contributed by atoms with Gasteiger partial charge in [-0.05, 0) is 17.7 Å². The van der Waals surface area contributed by atoms with Crippen molar-refractivity contribution < 1.29 is 10.0 Å². The molecule has 3 N–H and O–H groups in total. The first-order valence-electron chi connectivity index (χ1n) is 6.55. The second-order valence-electron chi connectivity index (χ2n) is 4.64. The first-order chi connectivity index (χ1) is 10.1. The summed E-state index contributed by atoms with van der Waals surface area (Å²) in [7, 11) is 0. The van der Waals surface area contributed by atoms with Gasteiger partial charge >= 0.3 is 0 Å². The van der Waals surface area contributed by atoms with Crippen molar-refractivity contribution in [3.63, 3.8) is 0 Å². The van der Waals surface area contributed by atoms with E-state index in [1.54, 1.807) is 11.0 Å². The average Bonchev–Trinajstić information content (AvgIpc) is 2.47. The van der Waals surface area contributed by atoms with Crippen molar-refractivity contribution in [2.75, 3.05) is 23.8 Å². The van der Waals surface area contributed by atoms with E-state index in [0.29, 0.717) is 24.5 Å². The van der Waals surface area contributed by atoms with Crippen LogP contribution in [0.1, 0.15) is 5.56 Å². The molecular formula is C15H17N3O3. The molecule has 0 saturated heterocycles. The standard InChI is InChI=1S/C15H17N3O3/c16-13-6-7-14(18(20)21)15(10-13)17(8-9-19)11-12-4-2-1-3-5-12/h1-7,10,19H,8-9,11,16H2. The Morgan fingerprint density at radius 2 is 1.90 bits per heavy atom. The Kier molecular flexibility index (Phi) is 4.73. The summed E-state index contributed by atoms with van der Waals surface area (Å²) < 4.78 is 0. The predicted molar refractivity (Wildman–Crippen MR) is 82.1 cm³/mol. The van der Waals surface area contributed by atoms with E-state index in [-0.39, 0.29) is 12.3 Å². The third-order valence-corrected chi connectivity index (χ3v) is 3.12. The van der Waals surface area contributed by atoms with Crippen LogP contribution in [0.5, 0.6) is 0 Å². The number of aliphatic hydroxyl groups is 1. The number of hydrogen-bond acceptors (Lipinski definition) is 5. The fraction of sp³-hybridized carbons (Fsp3) is 0.200. The van der Waals surface area contributed by atoms with Crippen LogP contribution in [0.2, 0.25) is 0 Å². The quantitative estimate of drug-likeness (QED) is 0.482. The number of hydrogen-bond donors (Lipinski definition) is 2. The number of rotatable bonds is 6. The van der Waals surface area contributed by atoms with Crippen LogP contribution < -0.4 is 10.6 Å². The number of anilines is 2. The van der Waals surface area contributed by atoms with Gasteiger partial charge in [-0.1, -0.05) is 30.3 Å². The number of nitro benzene ring substituents is 1. The second-order valence-corrected chi connectivity index (χ2v) is 4.64. The normalized spacial score (nSPS) is 10.3. The Bertz CT molecular complexity index is 617. The molecule has 6 heteroatoms. The summed E-state index contributed by atoms with van der Waals surface area (Å²) in [6.45, 7) is 0.656. The highest BCUT2D eigenvalue weighted by molar-refractivity contribution is 5.68. The van der Waals surface area contributed by atoms with E-state index in [1.165, 1.54) is 12.1 Å². The van der Waals surface area contributed by atoms with E-state index in [1.807, 2.05) is 30.3 Å². The van der Waals surface area contributed by atoms with Crippen molar-refractivity contribution >= 4 is 17.1 Å². The summed E-state index contributed by atoms with van der Waals surface area (Å²) >= 11 is 0. The molecule has 0 aliphatic rings. The SMILES string of the molecule is Nc1ccc([N+](=O)[O-])c(N(CCO)Cc2ccccc2)c1. The lowest BCUT2D eigenvalue weighted by atomic mass is 10.1. The molecule has 0 aliphatic heterocycles. The predicted octanol–water partition coefficient (Wildman–Crippen LogP) is 2.18. The van der Waals surface area contributed by atoms with Crippen LogP contribution in [0, 0.1) is 10.1 Å². The third-order valence-electron chi connectivity index (χ3n) is 3.12. The smallest absolute Gasteiger partial charge is 0.292 e. The molecule has 0 amide bonds. The molecule has 0 saturated carbocycles. The van der Waals surface area contributed by atoms with E-state index in [9.17, 15) is 15.2 Å². The molecular weight excluding hydrogens is 270 g/mol. The fourth-order valence-corrected chi connectivity index (χ4v) is 2.16. The number of nitrogens with two attached hydrogens (primary N) is 1. The number of nitro groups is 1. The van der Waals surface area contributed by atoms with Gasteiger partial charge in [-0.25, -0.2) is 0 Å². The van der Waals surface area contributed by atoms with E-state index in [0.717, 1.165) is 5.56 Å². The lowest BCUT2D eigenvalue weighted by Gasteiger charge is -2.24. The maximum Gasteiger partial charge on any atom is 0.292 e. The molecule has 21 heavy (non-hydrogen) atoms. The van der Waals surface area contributed by atoms with Crippen LogP contribution >= 0.6 is 0 Å². The van der Waals surface area contributed by atoms with Crippen LogP contribution in [0.25, 0.3) is 0 Å². The number of aliphatic hydroxyl groups excluding tert-OH is 1. The van der Waals surface area contributed by atoms with Gasteiger partial charge in [-0.15, -0.1) is 0 Å². The number of nitrogen functional groups attached to an aromatic ring is 1. The Balaban J connectivity index is 2.37. The molecule has 0 aromatic heterocycles. The van der Waals surface area contributed by atoms with Gasteiger partial charge in [0.15, 0.2) is 0 Å². The average molecular weight is 287 g/mol. The van der Waals surface area contributed by atoms with E-state index < -0.39 is 4.92 Å². The van der Waals surface area contributed by atoms with Crippen LogP contribution in [-0.2, 0) is 6.54 Å². The Morgan fingerprint density at radius 3 is 2.52 bits per heavy atom. The molecule has 0 unspecified atom stereocenters. The van der Waals surface area contributed by atoms with Gasteiger partial charge in [0.25, 0.3) is 5.69 Å². The van der Waals surface area contributed by atoms with E-state index in [4.69, 9.17) is 5.73 Å². The highest BCUT2D eigenvalue weighted by Gasteiger charge is 2.19. The summed E-state index contributed by atoms with van der Waals surface area (Å²) in [6.07, 6.45) is 0. The third kappa shape index (κ3) is 3.70. The number of nitrogens with zero attached hydrogens (tertiary/aromatic N) is 2. The lowest BCUT2D eigenvalue weighted by molar-refractivity contribution is -0.384. The minimum Gasteiger partial charge on any atom is -0.399 e. The Hall–Kier alpha value is -2.60. The Morgan fingerprint density at radius 1 is 1.19 bits per heavy atom. The minimum atomic E-state index is -0.440. The van der Waals surface area contributed by atoms with Crippen LogP contribution in [0.3, 0.4) is 0 Å². The first-order valence-corrected chi connectivity index (χ1v) is 6.55. The molecule has 0 aliphatic carbocycles. The molecule has 2 aromatic carbocycles. The minimum absolute atomic E-state index is 0.0198. The van der Waals surface area contributed by atoms with E-state index in [2.05, 4.69) is 0 Å². The van der Waals surface area contributed by atoms with Crippen LogP contribution in [0.4, 0.5) is 17.1 Å². The van der Waals surface area contributed by atoms with Crippen molar-refractivity contribution in [3.8, 4) is 0 Å². The highest BCUT2D eigenvalue weighted by atomic mass is 16.6. The lowest BCUT2D eigenvalue weighted by Crippen LogP contribution is -2.27. The summed E-state index contributed by atoms with van der Waals surface area (Å²) in [6, 6.07) is 14.0. The summed E-state index contributed by atoms with van der Waals surface area (Å²) in [5.74, 6) is 0. The van der Waals surface area contributed by atoms with Gasteiger partial charge in [0, 0.05) is 24.8 Å². The van der Waals surface area contributed by atoms with Gasteiger partial charge in [0.05, 0.1) is 11.5 Å². The maximum absolute atomic E-state index is 11.2. The molecule has 0 bridgehead atoms. The Labute approximate surface area is 122 Å². The van der Waals surface area contributed by atoms with Gasteiger partial charge in [0.1, 0.15) is 5.69 Å². The van der Waals surface area contributed by atoms with Crippen molar-refractivity contribution in [2.24, 2.45) is 0 Å². The molecule has 0 fully saturated rings.